The highest BCUT2D eigenvalue weighted by atomic mass is 79.9. The number of halogens is 3. The van der Waals surface area contributed by atoms with Crippen molar-refractivity contribution in [3.8, 4) is 0 Å². The fourth-order valence-corrected chi connectivity index (χ4v) is 11.7. The number of alkyl halides is 1. The van der Waals surface area contributed by atoms with E-state index in [0.717, 1.165) is 12.1 Å². The van der Waals surface area contributed by atoms with Crippen LogP contribution in [-0.4, -0.2) is 28.4 Å². The Labute approximate surface area is 245 Å². The van der Waals surface area contributed by atoms with E-state index in [2.05, 4.69) is 15.9 Å². The third-order valence-electron chi connectivity index (χ3n) is 6.26. The molecule has 0 spiro atoms. The summed E-state index contributed by atoms with van der Waals surface area (Å²) in [5.41, 5.74) is -0.823. The molecule has 9 heteroatoms. The molecule has 4 rings (SSSR count). The Bertz CT molecular complexity index is 1420. The van der Waals surface area contributed by atoms with E-state index in [1.54, 1.807) is 6.92 Å². The molecule has 0 bridgehead atoms. The molecule has 0 radical (unpaired) electrons. The van der Waals surface area contributed by atoms with Crippen LogP contribution in [0, 0.1) is 0 Å². The molecule has 0 saturated carbocycles. The molecule has 0 N–H and O–H groups in total. The van der Waals surface area contributed by atoms with Gasteiger partial charge in [0.2, 0.25) is 5.78 Å². The fourth-order valence-electron chi connectivity index (χ4n) is 4.63. The number of benzene rings is 4. The van der Waals surface area contributed by atoms with Crippen molar-refractivity contribution < 1.29 is 24.2 Å². The average molecular weight is 644 g/mol. The van der Waals surface area contributed by atoms with Crippen molar-refractivity contribution in [2.45, 2.75) is 11.0 Å². The summed E-state index contributed by atoms with van der Waals surface area (Å²) in [6.45, 7) is 1.61. The van der Waals surface area contributed by atoms with E-state index in [1.165, 1.54) is 0 Å². The normalized spacial score (nSPS) is 12.8. The number of carbonyl (C=O) groups excluding carboxylic acids is 3. The zero-order valence-corrected chi connectivity index (χ0v) is 24.6. The number of Topliss-reactive ketones (excluding diaryl/α,β-unsaturated/α-hetero) is 1. The van der Waals surface area contributed by atoms with Crippen molar-refractivity contribution in [3.63, 3.8) is 0 Å². The molecule has 198 valence electrons. The summed E-state index contributed by atoms with van der Waals surface area (Å²) in [6.07, 6.45) is 0. The number of carboxylic acids is 1. The lowest BCUT2D eigenvalue weighted by molar-refractivity contribution is -0.255. The van der Waals surface area contributed by atoms with E-state index >= 15 is 0 Å². The molecule has 1 atom stereocenters. The smallest absolute Gasteiger partial charge is 0.371 e. The summed E-state index contributed by atoms with van der Waals surface area (Å²) in [6, 6.07) is 29.8. The summed E-state index contributed by atoms with van der Waals surface area (Å²) in [4.78, 5) is 41.2. The zero-order valence-electron chi connectivity index (χ0n) is 20.6. The van der Waals surface area contributed by atoms with E-state index in [-0.39, 0.29) is 22.2 Å². The van der Waals surface area contributed by atoms with Crippen molar-refractivity contribution in [1.29, 1.82) is 0 Å². The molecule has 0 aromatic heterocycles. The summed E-state index contributed by atoms with van der Waals surface area (Å²) >= 11 is 16.0. The molecule has 0 saturated heterocycles. The number of hydrogen-bond acceptors (Lipinski definition) is 5. The second kappa shape index (κ2) is 12.0. The molecule has 1 unspecified atom stereocenters. The lowest BCUT2D eigenvalue weighted by atomic mass is 10.0. The van der Waals surface area contributed by atoms with Crippen molar-refractivity contribution in [3.05, 3.63) is 124 Å². The maximum atomic E-state index is 14.8. The second-order valence-electron chi connectivity index (χ2n) is 8.45. The van der Waals surface area contributed by atoms with E-state index in [0.29, 0.717) is 15.9 Å². The Hall–Kier alpha value is -3.02. The Morgan fingerprint density at radius 3 is 1.51 bits per heavy atom. The topological polar surface area (TPSA) is 83.5 Å². The van der Waals surface area contributed by atoms with Crippen molar-refractivity contribution in [1.82, 2.24) is 0 Å². The van der Waals surface area contributed by atoms with Gasteiger partial charge in [0.15, 0.2) is 0 Å². The van der Waals surface area contributed by atoms with E-state index in [9.17, 15) is 19.5 Å². The number of aromatic carboxylic acids is 1. The van der Waals surface area contributed by atoms with E-state index < -0.39 is 34.6 Å². The molecule has 5 nitrogen and oxygen atoms in total. The van der Waals surface area contributed by atoms with Crippen molar-refractivity contribution >= 4 is 80.0 Å². The van der Waals surface area contributed by atoms with Gasteiger partial charge in [-0.3, -0.25) is 4.79 Å². The number of hydrogen-bond donors (Lipinski definition) is 0. The van der Waals surface area contributed by atoms with E-state index in [4.69, 9.17) is 27.9 Å². The monoisotopic (exact) mass is 642 g/mol. The number of esters is 1. The van der Waals surface area contributed by atoms with Gasteiger partial charge in [0.1, 0.15) is 23.2 Å². The molecule has 0 amide bonds. The standard InChI is InChI=1S/C30H22BrCl2O5P/c1-2-38-29(37)30(31,27(34)23-18-25(32)26(33)19-24(23)28(35)36)39(20-12-6-3-7-13-20,21-14-8-4-9-15-21)22-16-10-5-11-17-22/h3-19H,2H2,1H3. The minimum absolute atomic E-state index is 0.0213. The fraction of sp³-hybridized carbons (Fsp3) is 0.100. The predicted octanol–water partition coefficient (Wildman–Crippen LogP) is 5.19. The van der Waals surface area contributed by atoms with Crippen LogP contribution in [0.3, 0.4) is 0 Å². The zero-order chi connectivity index (χ0) is 28.2. The van der Waals surface area contributed by atoms with Crippen LogP contribution in [0.4, 0.5) is 0 Å². The summed E-state index contributed by atoms with van der Waals surface area (Å²) in [7, 11) is -3.36. The van der Waals surface area contributed by atoms with Crippen LogP contribution in [0.1, 0.15) is 27.6 Å². The lowest BCUT2D eigenvalue weighted by Gasteiger charge is -2.38. The first-order valence-electron chi connectivity index (χ1n) is 11.9. The summed E-state index contributed by atoms with van der Waals surface area (Å²) in [5.74, 6) is -3.35. The minimum Gasteiger partial charge on any atom is -0.545 e. The van der Waals surface area contributed by atoms with Gasteiger partial charge >= 0.3 is 10.0 Å². The third kappa shape index (κ3) is 5.03. The first-order chi connectivity index (χ1) is 18.7. The van der Waals surface area contributed by atoms with Crippen molar-refractivity contribution in [2.24, 2.45) is 0 Å². The molecule has 0 heterocycles. The largest absolute Gasteiger partial charge is 0.545 e. The maximum absolute atomic E-state index is 14.8. The second-order valence-corrected chi connectivity index (χ2v) is 14.6. The SMILES string of the molecule is CCOC(=O)C(Br)(C(=O)c1cc(Cl)c(Cl)cc1C(=O)[O-])[P+](c1ccccc1)(c1ccccc1)c1ccccc1. The highest BCUT2D eigenvalue weighted by Gasteiger charge is 2.71. The number of ether oxygens (including phenoxy) is 1. The van der Waals surface area contributed by atoms with Crippen LogP contribution in [-0.2, 0) is 9.53 Å². The number of carboxylic acid groups (broad SMARTS) is 1. The molecule has 0 aliphatic heterocycles. The third-order valence-corrected chi connectivity index (χ3v) is 13.8. The summed E-state index contributed by atoms with van der Waals surface area (Å²) in [5, 5.41) is 14.1. The Kier molecular flexibility index (Phi) is 8.93. The Morgan fingerprint density at radius 1 is 0.769 bits per heavy atom. The molecule has 0 aliphatic carbocycles. The Morgan fingerprint density at radius 2 is 1.15 bits per heavy atom. The van der Waals surface area contributed by atoms with Crippen LogP contribution < -0.4 is 21.0 Å². The van der Waals surface area contributed by atoms with Crippen LogP contribution in [0.5, 0.6) is 0 Å². The first kappa shape index (κ1) is 29.0. The molecule has 4 aromatic carbocycles. The number of carbonyl (C=O) groups is 3. The molecular weight excluding hydrogens is 622 g/mol. The van der Waals surface area contributed by atoms with Gasteiger partial charge in [-0.2, -0.15) is 0 Å². The van der Waals surface area contributed by atoms with E-state index in [1.807, 2.05) is 91.0 Å². The molecular formula is C30H22BrCl2O5P. The van der Waals surface area contributed by atoms with Gasteiger partial charge in [0.05, 0.1) is 22.6 Å². The highest BCUT2D eigenvalue weighted by Crippen LogP contribution is 2.70. The van der Waals surface area contributed by atoms with Crippen LogP contribution in [0.2, 0.25) is 10.0 Å². The molecule has 4 aromatic rings. The quantitative estimate of drug-likeness (QED) is 0.0825. The predicted molar refractivity (Wildman–Crippen MR) is 159 cm³/mol. The van der Waals surface area contributed by atoms with Gasteiger partial charge in [-0.25, -0.2) is 4.79 Å². The number of ketones is 1. The molecule has 0 fully saturated rings. The van der Waals surface area contributed by atoms with Gasteiger partial charge in [0.25, 0.3) is 0 Å². The Balaban J connectivity index is 2.22. The van der Waals surface area contributed by atoms with Gasteiger partial charge in [-0.1, -0.05) is 77.8 Å². The van der Waals surface area contributed by atoms with Gasteiger partial charge in [0, 0.05) is 11.1 Å². The van der Waals surface area contributed by atoms with Gasteiger partial charge in [-0.05, 0) is 71.4 Å². The molecule has 39 heavy (non-hydrogen) atoms. The van der Waals surface area contributed by atoms with Crippen molar-refractivity contribution in [2.75, 3.05) is 6.61 Å². The minimum atomic E-state index is -3.36. The summed E-state index contributed by atoms with van der Waals surface area (Å²) < 4.78 is 3.46. The van der Waals surface area contributed by atoms with Crippen LogP contribution in [0.25, 0.3) is 0 Å². The molecule has 0 aliphatic rings. The first-order valence-corrected chi connectivity index (χ1v) is 15.2. The lowest BCUT2D eigenvalue weighted by Crippen LogP contribution is -2.54. The number of rotatable bonds is 9. The average Bonchev–Trinajstić information content (AvgIpc) is 2.96. The van der Waals surface area contributed by atoms with Crippen LogP contribution >= 0.6 is 46.4 Å². The van der Waals surface area contributed by atoms with Gasteiger partial charge in [-0.15, -0.1) is 0 Å². The van der Waals surface area contributed by atoms with Crippen LogP contribution in [0.15, 0.2) is 103 Å². The maximum Gasteiger partial charge on any atom is 0.371 e. The highest BCUT2D eigenvalue weighted by molar-refractivity contribution is 9.12. The van der Waals surface area contributed by atoms with Gasteiger partial charge < -0.3 is 14.6 Å².